The maximum absolute atomic E-state index is 12.2. The Morgan fingerprint density at radius 1 is 1.25 bits per heavy atom. The maximum Gasteiger partial charge on any atom is 0.257 e. The van der Waals surface area contributed by atoms with E-state index < -0.39 is 0 Å². The van der Waals surface area contributed by atoms with Gasteiger partial charge < -0.3 is 20.5 Å². The number of nitrogens with one attached hydrogen (secondary N) is 1. The number of anilines is 2. The number of carbonyl (C=O) groups is 1. The lowest BCUT2D eigenvalue weighted by molar-refractivity contribution is 0.102. The molecule has 0 spiro atoms. The van der Waals surface area contributed by atoms with Gasteiger partial charge in [0.1, 0.15) is 0 Å². The number of methoxy groups -OCH3 is 2. The van der Waals surface area contributed by atoms with E-state index in [1.165, 1.54) is 14.2 Å². The molecule has 1 amide bonds. The normalized spacial score (nSPS) is 9.90. The topological polar surface area (TPSA) is 86.5 Å². The van der Waals surface area contributed by atoms with Crippen molar-refractivity contribution in [3.63, 3.8) is 0 Å². The molecule has 0 saturated carbocycles. The quantitative estimate of drug-likeness (QED) is 0.831. The minimum Gasteiger partial charge on any atom is -0.493 e. The molecule has 3 N–H and O–H groups in total. The van der Waals surface area contributed by atoms with Gasteiger partial charge in [-0.05, 0) is 18.2 Å². The second-order valence-corrected chi connectivity index (χ2v) is 3.99. The van der Waals surface area contributed by atoms with Crippen LogP contribution < -0.4 is 20.5 Å². The summed E-state index contributed by atoms with van der Waals surface area (Å²) >= 11 is 0. The van der Waals surface area contributed by atoms with E-state index in [2.05, 4.69) is 10.3 Å². The number of nitrogens with zero attached hydrogens (tertiary/aromatic N) is 1. The molecule has 6 heteroatoms. The van der Waals surface area contributed by atoms with Crippen LogP contribution in [0, 0.1) is 0 Å². The Bertz CT molecular complexity index is 615. The fourth-order valence-electron chi connectivity index (χ4n) is 1.73. The second kappa shape index (κ2) is 5.92. The van der Waals surface area contributed by atoms with Gasteiger partial charge in [-0.25, -0.2) is 0 Å². The van der Waals surface area contributed by atoms with Crippen molar-refractivity contribution in [2.24, 2.45) is 0 Å². The van der Waals surface area contributed by atoms with Gasteiger partial charge >= 0.3 is 0 Å². The zero-order valence-electron chi connectivity index (χ0n) is 11.2. The van der Waals surface area contributed by atoms with Crippen LogP contribution in [0.4, 0.5) is 11.4 Å². The lowest BCUT2D eigenvalue weighted by atomic mass is 10.1. The molecule has 6 nitrogen and oxygen atoms in total. The van der Waals surface area contributed by atoms with Crippen molar-refractivity contribution in [2.45, 2.75) is 0 Å². The van der Waals surface area contributed by atoms with Crippen molar-refractivity contribution >= 4 is 17.3 Å². The molecule has 0 unspecified atom stereocenters. The number of benzene rings is 1. The third-order valence-corrected chi connectivity index (χ3v) is 2.72. The van der Waals surface area contributed by atoms with Gasteiger partial charge in [-0.15, -0.1) is 0 Å². The molecule has 1 heterocycles. The number of nitrogens with two attached hydrogens (primary N) is 1. The number of nitrogen functional groups attached to an aromatic ring is 1. The van der Waals surface area contributed by atoms with Crippen LogP contribution >= 0.6 is 0 Å². The molecule has 104 valence electrons. The van der Waals surface area contributed by atoms with E-state index in [9.17, 15) is 4.79 Å². The van der Waals surface area contributed by atoms with Gasteiger partial charge in [0, 0.05) is 18.0 Å². The molecule has 0 radical (unpaired) electrons. The molecule has 0 bridgehead atoms. The highest BCUT2D eigenvalue weighted by atomic mass is 16.5. The highest BCUT2D eigenvalue weighted by Crippen LogP contribution is 2.32. The van der Waals surface area contributed by atoms with Gasteiger partial charge in [0.15, 0.2) is 11.5 Å². The van der Waals surface area contributed by atoms with Crippen LogP contribution in [-0.2, 0) is 0 Å². The van der Waals surface area contributed by atoms with Crippen LogP contribution in [0.15, 0.2) is 36.7 Å². The molecule has 0 aliphatic rings. The summed E-state index contributed by atoms with van der Waals surface area (Å²) in [5.41, 5.74) is 7.07. The molecule has 0 aliphatic carbocycles. The summed E-state index contributed by atoms with van der Waals surface area (Å²) in [4.78, 5) is 16.1. The molecule has 0 saturated heterocycles. The first-order valence-corrected chi connectivity index (χ1v) is 5.88. The SMILES string of the molecule is COc1cc(N)c(C(=O)Nc2cccnc2)cc1OC. The lowest BCUT2D eigenvalue weighted by Gasteiger charge is -2.12. The first kappa shape index (κ1) is 13.7. The fourth-order valence-corrected chi connectivity index (χ4v) is 1.73. The Morgan fingerprint density at radius 2 is 1.95 bits per heavy atom. The van der Waals surface area contributed by atoms with E-state index in [1.54, 1.807) is 36.7 Å². The Labute approximate surface area is 116 Å². The molecule has 20 heavy (non-hydrogen) atoms. The number of ether oxygens (including phenoxy) is 2. The smallest absolute Gasteiger partial charge is 0.257 e. The highest BCUT2D eigenvalue weighted by Gasteiger charge is 2.15. The van der Waals surface area contributed by atoms with Crippen molar-refractivity contribution in [2.75, 3.05) is 25.3 Å². The molecular formula is C14H15N3O3. The first-order chi connectivity index (χ1) is 9.65. The van der Waals surface area contributed by atoms with Crippen LogP contribution in [0.3, 0.4) is 0 Å². The van der Waals surface area contributed by atoms with Crippen molar-refractivity contribution < 1.29 is 14.3 Å². The average molecular weight is 273 g/mol. The Kier molecular flexibility index (Phi) is 4.05. The van der Waals surface area contributed by atoms with E-state index in [4.69, 9.17) is 15.2 Å². The third kappa shape index (κ3) is 2.80. The zero-order valence-corrected chi connectivity index (χ0v) is 11.2. The monoisotopic (exact) mass is 273 g/mol. The average Bonchev–Trinajstić information content (AvgIpc) is 2.47. The molecule has 0 fully saturated rings. The summed E-state index contributed by atoms with van der Waals surface area (Å²) in [6.07, 6.45) is 3.18. The maximum atomic E-state index is 12.2. The summed E-state index contributed by atoms with van der Waals surface area (Å²) in [6.45, 7) is 0. The van der Waals surface area contributed by atoms with Gasteiger partial charge in [0.25, 0.3) is 5.91 Å². The number of hydrogen-bond acceptors (Lipinski definition) is 5. The molecule has 2 aromatic rings. The lowest BCUT2D eigenvalue weighted by Crippen LogP contribution is -2.14. The largest absolute Gasteiger partial charge is 0.493 e. The fraction of sp³-hybridized carbons (Fsp3) is 0.143. The van der Waals surface area contributed by atoms with Crippen LogP contribution in [0.2, 0.25) is 0 Å². The number of amides is 1. The predicted octanol–water partition coefficient (Wildman–Crippen LogP) is 1.93. The van der Waals surface area contributed by atoms with E-state index >= 15 is 0 Å². The first-order valence-electron chi connectivity index (χ1n) is 5.88. The van der Waals surface area contributed by atoms with Gasteiger partial charge in [-0.1, -0.05) is 0 Å². The van der Waals surface area contributed by atoms with Gasteiger partial charge in [0.2, 0.25) is 0 Å². The van der Waals surface area contributed by atoms with Crippen molar-refractivity contribution in [3.8, 4) is 11.5 Å². The minimum atomic E-state index is -0.337. The van der Waals surface area contributed by atoms with E-state index in [-0.39, 0.29) is 5.91 Å². The van der Waals surface area contributed by atoms with Crippen LogP contribution in [-0.4, -0.2) is 25.1 Å². The zero-order chi connectivity index (χ0) is 14.5. The van der Waals surface area contributed by atoms with Crippen molar-refractivity contribution in [1.29, 1.82) is 0 Å². The standard InChI is InChI=1S/C14H15N3O3/c1-19-12-6-10(11(15)7-13(12)20-2)14(18)17-9-4-3-5-16-8-9/h3-8H,15H2,1-2H3,(H,17,18). The summed E-state index contributed by atoms with van der Waals surface area (Å²) in [5, 5.41) is 2.71. The van der Waals surface area contributed by atoms with Gasteiger partial charge in [0.05, 0.1) is 31.7 Å². The number of hydrogen-bond donors (Lipinski definition) is 2. The minimum absolute atomic E-state index is 0.309. The molecular weight excluding hydrogens is 258 g/mol. The van der Waals surface area contributed by atoms with Crippen LogP contribution in [0.1, 0.15) is 10.4 Å². The van der Waals surface area contributed by atoms with Crippen molar-refractivity contribution in [3.05, 3.63) is 42.2 Å². The Hall–Kier alpha value is -2.76. The Balaban J connectivity index is 2.30. The summed E-state index contributed by atoms with van der Waals surface area (Å²) < 4.78 is 10.3. The van der Waals surface area contributed by atoms with Crippen molar-refractivity contribution in [1.82, 2.24) is 4.98 Å². The molecule has 0 aliphatic heterocycles. The number of carbonyl (C=O) groups excluding carboxylic acids is 1. The van der Waals surface area contributed by atoms with E-state index in [0.29, 0.717) is 28.4 Å². The molecule has 0 atom stereocenters. The molecule has 2 rings (SSSR count). The second-order valence-electron chi connectivity index (χ2n) is 3.99. The molecule has 1 aromatic carbocycles. The van der Waals surface area contributed by atoms with Crippen LogP contribution in [0.25, 0.3) is 0 Å². The number of pyridine rings is 1. The summed E-state index contributed by atoms with van der Waals surface area (Å²) in [7, 11) is 3.00. The van der Waals surface area contributed by atoms with Gasteiger partial charge in [-0.3, -0.25) is 9.78 Å². The summed E-state index contributed by atoms with van der Waals surface area (Å²) in [5.74, 6) is 0.581. The van der Waals surface area contributed by atoms with Crippen LogP contribution in [0.5, 0.6) is 11.5 Å². The van der Waals surface area contributed by atoms with E-state index in [1.807, 2.05) is 0 Å². The number of rotatable bonds is 4. The number of aromatic nitrogens is 1. The highest BCUT2D eigenvalue weighted by molar-refractivity contribution is 6.08. The molecule has 1 aromatic heterocycles. The third-order valence-electron chi connectivity index (χ3n) is 2.72. The van der Waals surface area contributed by atoms with E-state index in [0.717, 1.165) is 0 Å². The Morgan fingerprint density at radius 3 is 2.55 bits per heavy atom. The predicted molar refractivity (Wildman–Crippen MR) is 76.1 cm³/mol. The summed E-state index contributed by atoms with van der Waals surface area (Å²) in [6, 6.07) is 6.56. The van der Waals surface area contributed by atoms with Gasteiger partial charge in [-0.2, -0.15) is 0 Å².